The highest BCUT2D eigenvalue weighted by atomic mass is 35.5. The van der Waals surface area contributed by atoms with Gasteiger partial charge in [0.15, 0.2) is 0 Å². The third-order valence-corrected chi connectivity index (χ3v) is 6.38. The second-order valence-corrected chi connectivity index (χ2v) is 8.73. The zero-order valence-corrected chi connectivity index (χ0v) is 16.6. The Labute approximate surface area is 166 Å². The smallest absolute Gasteiger partial charge is 0.257 e. The van der Waals surface area contributed by atoms with Gasteiger partial charge >= 0.3 is 0 Å². The molecule has 0 radical (unpaired) electrons. The van der Waals surface area contributed by atoms with Crippen LogP contribution in [-0.2, 0) is 21.8 Å². The van der Waals surface area contributed by atoms with E-state index >= 15 is 0 Å². The molecule has 2 heterocycles. The number of thioether (sulfide) groups is 1. The number of carbonyl (C=O) groups excluding carboxylic acids is 2. The van der Waals surface area contributed by atoms with Crippen molar-refractivity contribution in [2.24, 2.45) is 0 Å². The van der Waals surface area contributed by atoms with Gasteiger partial charge in [-0.15, -0.1) is 23.1 Å². The van der Waals surface area contributed by atoms with E-state index in [1.54, 1.807) is 0 Å². The number of nitrogens with zero attached hydrogens (tertiary/aromatic N) is 1. The molecule has 26 heavy (non-hydrogen) atoms. The number of fused-ring (bicyclic) bond motifs is 1. The second-order valence-electron chi connectivity index (χ2n) is 5.95. The van der Waals surface area contributed by atoms with Gasteiger partial charge in [-0.05, 0) is 36.6 Å². The van der Waals surface area contributed by atoms with Crippen LogP contribution >= 0.6 is 34.7 Å². The average Bonchev–Trinajstić information content (AvgIpc) is 3.05. The Hall–Kier alpha value is -1.70. The Morgan fingerprint density at radius 3 is 2.77 bits per heavy atom. The maximum atomic E-state index is 12.1. The zero-order chi connectivity index (χ0) is 18.4. The number of benzene rings is 1. The van der Waals surface area contributed by atoms with Crippen LogP contribution in [0, 0.1) is 0 Å². The Balaban J connectivity index is 1.38. The van der Waals surface area contributed by atoms with E-state index in [1.165, 1.54) is 28.7 Å². The lowest BCUT2D eigenvalue weighted by atomic mass is 10.0. The lowest BCUT2D eigenvalue weighted by Gasteiger charge is -2.30. The molecule has 1 aliphatic rings. The largest absolute Gasteiger partial charge is 0.362 e. The monoisotopic (exact) mass is 409 g/mol. The molecule has 2 amide bonds. The van der Waals surface area contributed by atoms with Crippen molar-refractivity contribution in [3.8, 4) is 0 Å². The Bertz CT molecular complexity index is 781. The minimum absolute atomic E-state index is 0.218. The summed E-state index contributed by atoms with van der Waals surface area (Å²) < 4.78 is 0.747. The lowest BCUT2D eigenvalue weighted by molar-refractivity contribution is -0.126. The number of halogens is 1. The molecule has 0 aliphatic carbocycles. The number of amides is 2. The van der Waals surface area contributed by atoms with Crippen LogP contribution in [0.1, 0.15) is 16.9 Å². The molecule has 0 spiro atoms. The molecule has 1 aromatic heterocycles. The molecule has 0 unspecified atom stereocenters. The Morgan fingerprint density at radius 1 is 1.15 bits per heavy atom. The van der Waals surface area contributed by atoms with E-state index in [0.29, 0.717) is 0 Å². The van der Waals surface area contributed by atoms with Gasteiger partial charge in [0.1, 0.15) is 0 Å². The summed E-state index contributed by atoms with van der Waals surface area (Å²) in [7, 11) is 0. The van der Waals surface area contributed by atoms with Gasteiger partial charge in [-0.3, -0.25) is 20.4 Å². The maximum Gasteiger partial charge on any atom is 0.257 e. The van der Waals surface area contributed by atoms with Gasteiger partial charge in [0.05, 0.1) is 16.6 Å². The molecular formula is C18H20ClN3O2S2. The molecule has 1 aliphatic heterocycles. The van der Waals surface area contributed by atoms with Gasteiger partial charge in [-0.2, -0.15) is 0 Å². The molecule has 8 heteroatoms. The highest BCUT2D eigenvalue weighted by molar-refractivity contribution is 7.99. The summed E-state index contributed by atoms with van der Waals surface area (Å²) in [6.45, 7) is 1.08. The normalized spacial score (nSPS) is 13.2. The number of para-hydroxylation sites is 1. The second kappa shape index (κ2) is 9.30. The molecule has 0 bridgehead atoms. The molecular weight excluding hydrogens is 390 g/mol. The van der Waals surface area contributed by atoms with E-state index < -0.39 is 0 Å². The Kier molecular flexibility index (Phi) is 6.82. The first-order valence-corrected chi connectivity index (χ1v) is 10.7. The van der Waals surface area contributed by atoms with Gasteiger partial charge in [-0.1, -0.05) is 29.8 Å². The van der Waals surface area contributed by atoms with Gasteiger partial charge in [0, 0.05) is 22.9 Å². The molecule has 5 nitrogen and oxygen atoms in total. The van der Waals surface area contributed by atoms with E-state index in [2.05, 4.69) is 21.8 Å². The van der Waals surface area contributed by atoms with Crippen LogP contribution < -0.4 is 15.8 Å². The standard InChI is InChI=1S/C18H20ClN3O2S2/c19-16-8-7-14(26-16)11-25-12-18(24)21-20-17(23)10-22-9-3-5-13-4-1-2-6-15(13)22/h1-2,4,6-8H,3,5,9-12H2,(H,20,23)(H,21,24). The van der Waals surface area contributed by atoms with Crippen molar-refractivity contribution in [3.63, 3.8) is 0 Å². The maximum absolute atomic E-state index is 12.1. The summed E-state index contributed by atoms with van der Waals surface area (Å²) >= 11 is 8.87. The summed E-state index contributed by atoms with van der Waals surface area (Å²) in [5.41, 5.74) is 7.35. The predicted octanol–water partition coefficient (Wildman–Crippen LogP) is 3.23. The highest BCUT2D eigenvalue weighted by Crippen LogP contribution is 2.26. The summed E-state index contributed by atoms with van der Waals surface area (Å²) in [4.78, 5) is 27.2. The zero-order valence-electron chi connectivity index (χ0n) is 14.2. The predicted molar refractivity (Wildman–Crippen MR) is 109 cm³/mol. The van der Waals surface area contributed by atoms with Gasteiger partial charge in [-0.25, -0.2) is 0 Å². The third kappa shape index (κ3) is 5.40. The number of thiophene rings is 1. The minimum atomic E-state index is -0.218. The van der Waals surface area contributed by atoms with E-state index in [1.807, 2.05) is 30.3 Å². The van der Waals surface area contributed by atoms with Crippen LogP contribution in [-0.4, -0.2) is 30.7 Å². The van der Waals surface area contributed by atoms with Crippen molar-refractivity contribution in [1.29, 1.82) is 0 Å². The van der Waals surface area contributed by atoms with Crippen molar-refractivity contribution in [1.82, 2.24) is 10.9 Å². The number of anilines is 1. The molecule has 0 fully saturated rings. The van der Waals surface area contributed by atoms with Crippen molar-refractivity contribution < 1.29 is 9.59 Å². The molecule has 2 aromatic rings. The topological polar surface area (TPSA) is 61.4 Å². The van der Waals surface area contributed by atoms with Crippen LogP contribution in [0.15, 0.2) is 36.4 Å². The van der Waals surface area contributed by atoms with Crippen LogP contribution in [0.5, 0.6) is 0 Å². The number of aryl methyl sites for hydroxylation is 1. The minimum Gasteiger partial charge on any atom is -0.362 e. The van der Waals surface area contributed by atoms with E-state index in [4.69, 9.17) is 11.6 Å². The molecule has 2 N–H and O–H groups in total. The van der Waals surface area contributed by atoms with E-state index in [0.717, 1.165) is 40.0 Å². The summed E-state index contributed by atoms with van der Waals surface area (Å²) in [6.07, 6.45) is 2.07. The van der Waals surface area contributed by atoms with Gasteiger partial charge in [0.2, 0.25) is 5.91 Å². The molecule has 0 atom stereocenters. The van der Waals surface area contributed by atoms with Crippen LogP contribution in [0.4, 0.5) is 5.69 Å². The van der Waals surface area contributed by atoms with Crippen LogP contribution in [0.2, 0.25) is 4.34 Å². The van der Waals surface area contributed by atoms with Crippen molar-refractivity contribution >= 4 is 52.2 Å². The van der Waals surface area contributed by atoms with Crippen LogP contribution in [0.3, 0.4) is 0 Å². The quantitative estimate of drug-likeness (QED) is 0.719. The lowest BCUT2D eigenvalue weighted by Crippen LogP contribution is -2.47. The Morgan fingerprint density at radius 2 is 1.96 bits per heavy atom. The number of hydrogen-bond donors (Lipinski definition) is 2. The van der Waals surface area contributed by atoms with Crippen LogP contribution in [0.25, 0.3) is 0 Å². The summed E-state index contributed by atoms with van der Waals surface area (Å²) in [5, 5.41) is 0. The van der Waals surface area contributed by atoms with E-state index in [9.17, 15) is 9.59 Å². The summed E-state index contributed by atoms with van der Waals surface area (Å²) in [6, 6.07) is 11.9. The van der Waals surface area contributed by atoms with Crippen molar-refractivity contribution in [3.05, 3.63) is 51.2 Å². The third-order valence-electron chi connectivity index (χ3n) is 3.99. The fourth-order valence-corrected chi connectivity index (χ4v) is 4.86. The summed E-state index contributed by atoms with van der Waals surface area (Å²) in [5.74, 6) is 0.571. The molecule has 1 aromatic carbocycles. The first-order valence-electron chi connectivity index (χ1n) is 8.34. The molecule has 0 saturated heterocycles. The molecule has 138 valence electrons. The SMILES string of the molecule is O=C(CSCc1ccc(Cl)s1)NNC(=O)CN1CCCc2ccccc21. The highest BCUT2D eigenvalue weighted by Gasteiger charge is 2.18. The van der Waals surface area contributed by atoms with Gasteiger partial charge < -0.3 is 4.90 Å². The molecule has 0 saturated carbocycles. The van der Waals surface area contributed by atoms with Gasteiger partial charge in [0.25, 0.3) is 5.91 Å². The molecule has 3 rings (SSSR count). The average molecular weight is 410 g/mol. The number of carbonyl (C=O) groups is 2. The first-order chi connectivity index (χ1) is 12.6. The number of hydrazine groups is 1. The van der Waals surface area contributed by atoms with E-state index in [-0.39, 0.29) is 24.1 Å². The fourth-order valence-electron chi connectivity index (χ4n) is 2.84. The number of hydrogen-bond acceptors (Lipinski definition) is 5. The van der Waals surface area contributed by atoms with Crippen molar-refractivity contribution in [2.75, 3.05) is 23.7 Å². The van der Waals surface area contributed by atoms with Crippen molar-refractivity contribution in [2.45, 2.75) is 18.6 Å². The first kappa shape index (κ1) is 19.1. The number of nitrogens with one attached hydrogen (secondary N) is 2. The number of rotatable bonds is 6. The fraction of sp³-hybridized carbons (Fsp3) is 0.333.